The van der Waals surface area contributed by atoms with Crippen LogP contribution in [0.15, 0.2) is 24.3 Å². The predicted octanol–water partition coefficient (Wildman–Crippen LogP) is 4.69. The van der Waals surface area contributed by atoms with Gasteiger partial charge in [-0.25, -0.2) is 4.79 Å². The topological polar surface area (TPSA) is 255 Å². The van der Waals surface area contributed by atoms with Crippen molar-refractivity contribution in [1.82, 2.24) is 26.2 Å². The third-order valence-electron chi connectivity index (χ3n) is 9.70. The van der Waals surface area contributed by atoms with Gasteiger partial charge in [-0.1, -0.05) is 73.9 Å². The molecule has 352 valence electrons. The lowest BCUT2D eigenvalue weighted by Gasteiger charge is -2.25. The highest BCUT2D eigenvalue weighted by Gasteiger charge is 2.39. The average molecular weight is 876 g/mol. The molecule has 1 fully saturated rings. The number of ether oxygens (including phenoxy) is 1. The number of imide groups is 1. The van der Waals surface area contributed by atoms with Crippen molar-refractivity contribution in [2.24, 2.45) is 29.4 Å². The van der Waals surface area contributed by atoms with Gasteiger partial charge >= 0.3 is 12.0 Å². The molecule has 2 rings (SSSR count). The van der Waals surface area contributed by atoms with Crippen LogP contribution in [0.25, 0.3) is 0 Å². The molecule has 1 aliphatic heterocycles. The van der Waals surface area contributed by atoms with E-state index in [4.69, 9.17) is 15.6 Å². The number of nitrogens with one attached hydrogen (secondary N) is 5. The number of esters is 1. The molecule has 0 spiro atoms. The van der Waals surface area contributed by atoms with Crippen LogP contribution in [0.4, 0.5) is 10.5 Å². The van der Waals surface area contributed by atoms with E-state index in [0.29, 0.717) is 56.8 Å². The van der Waals surface area contributed by atoms with Crippen molar-refractivity contribution in [1.29, 1.82) is 0 Å². The van der Waals surface area contributed by atoms with E-state index in [1.807, 2.05) is 62.3 Å². The summed E-state index contributed by atoms with van der Waals surface area (Å²) in [5, 5.41) is 22.3. The normalized spacial score (nSPS) is 14.0. The number of carbonyl (C=O) groups is 8. The summed E-state index contributed by atoms with van der Waals surface area (Å²) >= 11 is 0. The number of aliphatic hydroxyl groups excluding tert-OH is 1. The first-order chi connectivity index (χ1) is 29.1. The number of anilines is 1. The summed E-state index contributed by atoms with van der Waals surface area (Å²) in [6.07, 6.45) is 5.90. The molecule has 8 N–H and O–H groups in total. The van der Waals surface area contributed by atoms with Crippen LogP contribution in [0, 0.1) is 23.7 Å². The molecule has 2 unspecified atom stereocenters. The average Bonchev–Trinajstić information content (AvgIpc) is 3.49. The summed E-state index contributed by atoms with van der Waals surface area (Å²) in [4.78, 5) is 95.1. The minimum Gasteiger partial charge on any atom is -0.461 e. The van der Waals surface area contributed by atoms with E-state index in [1.54, 1.807) is 31.2 Å². The number of aliphatic hydroxyl groups is 1. The number of nitrogens with zero attached hydrogens (tertiary/aromatic N) is 1. The van der Waals surface area contributed by atoms with Crippen LogP contribution in [-0.2, 0) is 44.9 Å². The first-order valence-electron chi connectivity index (χ1n) is 22.0. The molecular weight excluding hydrogens is 799 g/mol. The van der Waals surface area contributed by atoms with Crippen LogP contribution in [0.1, 0.15) is 139 Å². The maximum absolute atomic E-state index is 12.5. The maximum Gasteiger partial charge on any atom is 0.312 e. The van der Waals surface area contributed by atoms with E-state index in [1.165, 1.54) is 4.90 Å². The van der Waals surface area contributed by atoms with Crippen LogP contribution in [-0.4, -0.2) is 95.3 Å². The van der Waals surface area contributed by atoms with Gasteiger partial charge in [-0.05, 0) is 81.4 Å². The first kappa shape index (κ1) is 56.9. The fourth-order valence-electron chi connectivity index (χ4n) is 5.86. The Kier molecular flexibility index (Phi) is 28.4. The van der Waals surface area contributed by atoms with Crippen molar-refractivity contribution >= 4 is 53.1 Å². The lowest BCUT2D eigenvalue weighted by molar-refractivity contribution is -0.144. The molecule has 1 aromatic carbocycles. The quantitative estimate of drug-likeness (QED) is 0.0428. The zero-order chi connectivity index (χ0) is 47.4. The van der Waals surface area contributed by atoms with Gasteiger partial charge < -0.3 is 42.2 Å². The summed E-state index contributed by atoms with van der Waals surface area (Å²) in [7, 11) is 0. The number of hydrogen-bond acceptors (Lipinski definition) is 10. The SMILES string of the molecule is CC(C)C1CC(=O)N(CCCCCC(=O)NC(C)(C)CCO)C1=O.CCC(=O)OCc1ccc(NC(=O)CNC(=O)C(NC(=O)CCC(C)C)C(C)C)cc1.CCCNC(N)=O. The van der Waals surface area contributed by atoms with Crippen molar-refractivity contribution in [3.8, 4) is 0 Å². The number of unbranched alkanes of at least 4 members (excludes halogenated alkanes) is 2. The molecule has 0 aliphatic carbocycles. The third kappa shape index (κ3) is 25.7. The minimum absolute atomic E-state index is 0.0263. The van der Waals surface area contributed by atoms with Crippen molar-refractivity contribution in [2.45, 2.75) is 152 Å². The Hall–Kier alpha value is -5.06. The number of benzene rings is 1. The molecule has 0 bridgehead atoms. The Morgan fingerprint density at radius 2 is 1.53 bits per heavy atom. The molecule has 0 aromatic heterocycles. The molecule has 1 heterocycles. The number of rotatable bonds is 24. The molecule has 17 heteroatoms. The molecule has 1 aliphatic rings. The van der Waals surface area contributed by atoms with Crippen LogP contribution >= 0.6 is 0 Å². The zero-order valence-corrected chi connectivity index (χ0v) is 38.9. The maximum atomic E-state index is 12.5. The number of hydrogen-bond donors (Lipinski definition) is 7. The second-order valence-electron chi connectivity index (χ2n) is 17.1. The first-order valence-corrected chi connectivity index (χ1v) is 22.0. The minimum atomic E-state index is -0.697. The van der Waals surface area contributed by atoms with Crippen molar-refractivity contribution < 1.29 is 48.2 Å². The van der Waals surface area contributed by atoms with E-state index in [9.17, 15) is 38.4 Å². The van der Waals surface area contributed by atoms with Crippen molar-refractivity contribution in [3.63, 3.8) is 0 Å². The summed E-state index contributed by atoms with van der Waals surface area (Å²) in [5.41, 5.74) is 5.70. The Balaban J connectivity index is 0.00000106. The molecular formula is C45H77N7O10. The van der Waals surface area contributed by atoms with Crippen LogP contribution in [0.5, 0.6) is 0 Å². The molecule has 1 aromatic rings. The third-order valence-corrected chi connectivity index (χ3v) is 9.70. The number of nitrogens with two attached hydrogens (primary N) is 1. The zero-order valence-electron chi connectivity index (χ0n) is 38.9. The fraction of sp³-hybridized carbons (Fsp3) is 0.689. The van der Waals surface area contributed by atoms with Crippen molar-refractivity contribution in [2.75, 3.05) is 31.6 Å². The molecule has 2 atom stereocenters. The Morgan fingerprint density at radius 3 is 2.03 bits per heavy atom. The Bertz CT molecular complexity index is 1560. The highest BCUT2D eigenvalue weighted by atomic mass is 16.5. The number of amides is 8. The molecule has 8 amide bonds. The smallest absolute Gasteiger partial charge is 0.312 e. The van der Waals surface area contributed by atoms with Gasteiger partial charge in [0.2, 0.25) is 35.4 Å². The van der Waals surface area contributed by atoms with Gasteiger partial charge in [-0.2, -0.15) is 0 Å². The van der Waals surface area contributed by atoms with E-state index in [2.05, 4.69) is 26.6 Å². The lowest BCUT2D eigenvalue weighted by atomic mass is 9.94. The van der Waals surface area contributed by atoms with Gasteiger partial charge in [0.1, 0.15) is 12.6 Å². The molecule has 17 nitrogen and oxygen atoms in total. The second-order valence-corrected chi connectivity index (χ2v) is 17.1. The van der Waals surface area contributed by atoms with Gasteiger partial charge in [0, 0.05) is 62.5 Å². The lowest BCUT2D eigenvalue weighted by Crippen LogP contribution is -2.51. The van der Waals surface area contributed by atoms with Gasteiger partial charge in [0.25, 0.3) is 0 Å². The summed E-state index contributed by atoms with van der Waals surface area (Å²) in [5.74, 6) is -1.04. The number of primary amides is 1. The van der Waals surface area contributed by atoms with Crippen molar-refractivity contribution in [3.05, 3.63) is 29.8 Å². The van der Waals surface area contributed by atoms with Crippen LogP contribution in [0.3, 0.4) is 0 Å². The highest BCUT2D eigenvalue weighted by Crippen LogP contribution is 2.26. The summed E-state index contributed by atoms with van der Waals surface area (Å²) in [6, 6.07) is 5.75. The monoisotopic (exact) mass is 876 g/mol. The summed E-state index contributed by atoms with van der Waals surface area (Å²) in [6.45, 7) is 20.3. The Labute approximate surface area is 369 Å². The van der Waals surface area contributed by atoms with Gasteiger partial charge in [0.05, 0.1) is 6.54 Å². The summed E-state index contributed by atoms with van der Waals surface area (Å²) < 4.78 is 5.06. The van der Waals surface area contributed by atoms with Gasteiger partial charge in [0.15, 0.2) is 0 Å². The largest absolute Gasteiger partial charge is 0.461 e. The van der Waals surface area contributed by atoms with Crippen LogP contribution < -0.4 is 32.3 Å². The van der Waals surface area contributed by atoms with Gasteiger partial charge in [-0.15, -0.1) is 0 Å². The number of urea groups is 1. The van der Waals surface area contributed by atoms with Gasteiger partial charge in [-0.3, -0.25) is 38.5 Å². The second kappa shape index (κ2) is 30.9. The van der Waals surface area contributed by atoms with Crippen LogP contribution in [0.2, 0.25) is 0 Å². The van der Waals surface area contributed by atoms with E-state index >= 15 is 0 Å². The van der Waals surface area contributed by atoms with E-state index in [0.717, 1.165) is 37.7 Å². The highest BCUT2D eigenvalue weighted by molar-refractivity contribution is 6.03. The number of likely N-dealkylation sites (tertiary alicyclic amines) is 1. The Morgan fingerprint density at radius 1 is 0.887 bits per heavy atom. The molecule has 1 saturated heterocycles. The molecule has 62 heavy (non-hydrogen) atoms. The molecule has 0 saturated carbocycles. The predicted molar refractivity (Wildman–Crippen MR) is 239 cm³/mol. The number of carbonyl (C=O) groups excluding carboxylic acids is 8. The standard InChI is InChI=1S/C23H35N3O5.C18H32N2O4.C4H10N2O/c1-6-21(29)31-14-17-8-10-18(11-9-17)25-20(28)13-24-23(30)22(16(4)5)26-19(27)12-7-15(2)3;1-13(2)14-12-16(23)20(17(14)24)10-7-5-6-8-15(22)19-18(3,4)9-11-21;1-2-3-6-4(5)7/h8-11,15-16,22H,6-7,12-14H2,1-5H3,(H,24,30)(H,25,28)(H,26,27);13-14,21H,5-12H2,1-4H3,(H,19,22);2-3H2,1H3,(H3,5,6,7). The van der Waals surface area contributed by atoms with E-state index in [-0.39, 0.29) is 73.0 Å². The molecule has 0 radical (unpaired) electrons. The fourth-order valence-corrected chi connectivity index (χ4v) is 5.86. The van der Waals surface area contributed by atoms with E-state index < -0.39 is 23.5 Å².